The Kier molecular flexibility index (Phi) is 6.10. The van der Waals surface area contributed by atoms with Crippen molar-refractivity contribution in [2.24, 2.45) is 0 Å². The lowest BCUT2D eigenvalue weighted by Crippen LogP contribution is -2.22. The maximum absolute atomic E-state index is 13.5. The molecular weight excluding hydrogens is 464 g/mol. The number of aryl methyl sites for hydroxylation is 1. The predicted octanol–water partition coefficient (Wildman–Crippen LogP) is 5.57. The first-order valence-electron chi connectivity index (χ1n) is 11.2. The number of fused-ring (bicyclic) bond motifs is 2. The molecule has 0 fully saturated rings. The van der Waals surface area contributed by atoms with Crippen molar-refractivity contribution in [2.45, 2.75) is 44.0 Å². The molecule has 8 heteroatoms. The largest absolute Gasteiger partial charge is 0.269 e. The van der Waals surface area contributed by atoms with Crippen LogP contribution in [0.4, 0.5) is 0 Å². The van der Waals surface area contributed by atoms with E-state index in [4.69, 9.17) is 4.98 Å². The van der Waals surface area contributed by atoms with Crippen LogP contribution in [0.2, 0.25) is 0 Å². The molecule has 0 N–H and O–H groups in total. The van der Waals surface area contributed by atoms with Gasteiger partial charge >= 0.3 is 0 Å². The van der Waals surface area contributed by atoms with Crippen LogP contribution in [0.5, 0.6) is 0 Å². The highest BCUT2D eigenvalue weighted by atomic mass is 32.2. The zero-order valence-electron chi connectivity index (χ0n) is 19.2. The van der Waals surface area contributed by atoms with E-state index in [2.05, 4.69) is 31.0 Å². The Morgan fingerprint density at radius 3 is 2.59 bits per heavy atom. The maximum atomic E-state index is 13.5. The molecule has 1 atom stereocenters. The van der Waals surface area contributed by atoms with Crippen LogP contribution in [-0.2, 0) is 5.75 Å². The molecule has 6 nitrogen and oxygen atoms in total. The third-order valence-electron chi connectivity index (χ3n) is 6.06. The number of para-hydroxylation sites is 1. The summed E-state index contributed by atoms with van der Waals surface area (Å²) < 4.78 is 3.27. The van der Waals surface area contributed by atoms with Crippen LogP contribution >= 0.6 is 23.1 Å². The Bertz CT molecular complexity index is 1620. The summed E-state index contributed by atoms with van der Waals surface area (Å²) in [7, 11) is 0. The topological polar surface area (TPSA) is 69.3 Å². The Morgan fingerprint density at radius 2 is 1.82 bits per heavy atom. The van der Waals surface area contributed by atoms with Crippen molar-refractivity contribution in [1.82, 2.24) is 18.9 Å². The van der Waals surface area contributed by atoms with Gasteiger partial charge < -0.3 is 0 Å². The third kappa shape index (κ3) is 4.08. The normalized spacial score (nSPS) is 12.4. The van der Waals surface area contributed by atoms with Gasteiger partial charge in [0.15, 0.2) is 10.1 Å². The second-order valence-corrected chi connectivity index (χ2v) is 10.1. The molecule has 3 aromatic heterocycles. The highest BCUT2D eigenvalue weighted by Gasteiger charge is 2.15. The van der Waals surface area contributed by atoms with Gasteiger partial charge in [0.25, 0.3) is 11.1 Å². The molecule has 0 radical (unpaired) electrons. The minimum atomic E-state index is -0.109. The van der Waals surface area contributed by atoms with E-state index in [0.717, 1.165) is 17.8 Å². The van der Waals surface area contributed by atoms with Crippen LogP contribution in [0.3, 0.4) is 0 Å². The second kappa shape index (κ2) is 9.19. The summed E-state index contributed by atoms with van der Waals surface area (Å²) in [5, 5.41) is 3.07. The molecule has 5 aromatic rings. The summed E-state index contributed by atoms with van der Waals surface area (Å²) in [4.78, 5) is 36.2. The van der Waals surface area contributed by atoms with Gasteiger partial charge in [-0.05, 0) is 49.1 Å². The summed E-state index contributed by atoms with van der Waals surface area (Å²) in [6, 6.07) is 17.1. The van der Waals surface area contributed by atoms with Crippen molar-refractivity contribution in [1.29, 1.82) is 0 Å². The average Bonchev–Trinajstić information content (AvgIpc) is 3.23. The van der Waals surface area contributed by atoms with E-state index in [1.54, 1.807) is 21.1 Å². The van der Waals surface area contributed by atoms with Gasteiger partial charge in [0.1, 0.15) is 0 Å². The molecule has 0 bridgehead atoms. The van der Waals surface area contributed by atoms with Gasteiger partial charge in [0, 0.05) is 22.9 Å². The first kappa shape index (κ1) is 22.6. The van der Waals surface area contributed by atoms with Crippen LogP contribution < -0.4 is 11.1 Å². The minimum Gasteiger partial charge on any atom is -0.269 e. The SMILES string of the molecule is CCC(C)c1ccc(-n2c(SCc3cc(=O)n4c(C)csc4n3)nc3ccccc3c2=O)cc1. The Balaban J connectivity index is 1.57. The van der Waals surface area contributed by atoms with Gasteiger partial charge in [-0.2, -0.15) is 0 Å². The van der Waals surface area contributed by atoms with E-state index >= 15 is 0 Å². The fourth-order valence-electron chi connectivity index (χ4n) is 3.94. The van der Waals surface area contributed by atoms with Crippen LogP contribution in [0.15, 0.2) is 74.7 Å². The summed E-state index contributed by atoms with van der Waals surface area (Å²) in [6.45, 7) is 6.26. The number of hydrogen-bond donors (Lipinski definition) is 0. The smallest absolute Gasteiger partial charge is 0.266 e. The molecule has 172 valence electrons. The summed E-state index contributed by atoms with van der Waals surface area (Å²) in [6.07, 6.45) is 1.05. The van der Waals surface area contributed by atoms with E-state index < -0.39 is 0 Å². The molecule has 34 heavy (non-hydrogen) atoms. The van der Waals surface area contributed by atoms with Gasteiger partial charge in [-0.25, -0.2) is 9.97 Å². The maximum Gasteiger partial charge on any atom is 0.266 e. The minimum absolute atomic E-state index is 0.0937. The average molecular weight is 489 g/mol. The molecule has 0 saturated heterocycles. The van der Waals surface area contributed by atoms with Gasteiger partial charge in [0.2, 0.25) is 0 Å². The van der Waals surface area contributed by atoms with Crippen molar-refractivity contribution in [2.75, 3.05) is 0 Å². The highest BCUT2D eigenvalue weighted by molar-refractivity contribution is 7.98. The van der Waals surface area contributed by atoms with Gasteiger partial charge in [-0.15, -0.1) is 11.3 Å². The molecule has 0 aliphatic heterocycles. The molecule has 1 unspecified atom stereocenters. The quantitative estimate of drug-likeness (QED) is 0.231. The fraction of sp³-hybridized carbons (Fsp3) is 0.231. The lowest BCUT2D eigenvalue weighted by atomic mass is 9.98. The first-order chi connectivity index (χ1) is 16.5. The monoisotopic (exact) mass is 488 g/mol. The summed E-state index contributed by atoms with van der Waals surface area (Å²) >= 11 is 2.85. The molecule has 2 aromatic carbocycles. The number of aromatic nitrogens is 4. The van der Waals surface area contributed by atoms with Crippen LogP contribution in [0, 0.1) is 6.92 Å². The van der Waals surface area contributed by atoms with Crippen molar-refractivity contribution in [3.8, 4) is 5.69 Å². The highest BCUT2D eigenvalue weighted by Crippen LogP contribution is 2.26. The molecule has 0 spiro atoms. The Labute approximate surface area is 205 Å². The molecule has 3 heterocycles. The van der Waals surface area contributed by atoms with E-state index in [1.165, 1.54) is 28.7 Å². The van der Waals surface area contributed by atoms with Crippen molar-refractivity contribution < 1.29 is 0 Å². The van der Waals surface area contributed by atoms with E-state index in [-0.39, 0.29) is 11.1 Å². The standard InChI is InChI=1S/C26H24N4O2S2/c1-4-16(2)18-9-11-20(12-10-18)30-24(32)21-7-5-6-8-22(21)28-26(30)34-15-19-13-23(31)29-17(3)14-33-25(29)27-19/h5-14,16H,4,15H2,1-3H3. The zero-order chi connectivity index (χ0) is 23.8. The number of rotatable bonds is 6. The summed E-state index contributed by atoms with van der Waals surface area (Å²) in [5.74, 6) is 0.883. The fourth-order valence-corrected chi connectivity index (χ4v) is 5.73. The predicted molar refractivity (Wildman–Crippen MR) is 140 cm³/mol. The lowest BCUT2D eigenvalue weighted by molar-refractivity contribution is 0.732. The van der Waals surface area contributed by atoms with Crippen LogP contribution in [0.1, 0.15) is 43.1 Å². The van der Waals surface area contributed by atoms with Crippen molar-refractivity contribution in [3.05, 3.63) is 97.6 Å². The lowest BCUT2D eigenvalue weighted by Gasteiger charge is -2.15. The van der Waals surface area contributed by atoms with E-state index in [0.29, 0.717) is 38.4 Å². The van der Waals surface area contributed by atoms with E-state index in [9.17, 15) is 9.59 Å². The number of nitrogens with zero attached hydrogens (tertiary/aromatic N) is 4. The Morgan fingerprint density at radius 1 is 1.06 bits per heavy atom. The number of thiazole rings is 1. The van der Waals surface area contributed by atoms with Gasteiger partial charge in [-0.3, -0.25) is 18.6 Å². The molecule has 0 saturated carbocycles. The number of thioether (sulfide) groups is 1. The third-order valence-corrected chi connectivity index (χ3v) is 7.97. The van der Waals surface area contributed by atoms with Gasteiger partial charge in [-0.1, -0.05) is 49.9 Å². The summed E-state index contributed by atoms with van der Waals surface area (Å²) in [5.41, 5.74) is 4.01. The van der Waals surface area contributed by atoms with Crippen LogP contribution in [0.25, 0.3) is 21.6 Å². The van der Waals surface area contributed by atoms with Crippen molar-refractivity contribution >= 4 is 39.0 Å². The zero-order valence-corrected chi connectivity index (χ0v) is 20.8. The molecule has 0 aliphatic rings. The van der Waals surface area contributed by atoms with Crippen molar-refractivity contribution in [3.63, 3.8) is 0 Å². The molecule has 0 aliphatic carbocycles. The number of benzene rings is 2. The second-order valence-electron chi connectivity index (χ2n) is 8.32. The molecular formula is C26H24N4O2S2. The van der Waals surface area contributed by atoms with Gasteiger partial charge in [0.05, 0.1) is 22.3 Å². The number of hydrogen-bond acceptors (Lipinski definition) is 6. The van der Waals surface area contributed by atoms with Crippen LogP contribution in [-0.4, -0.2) is 18.9 Å². The molecule has 5 rings (SSSR count). The Hall–Kier alpha value is -3.23. The first-order valence-corrected chi connectivity index (χ1v) is 13.0. The van der Waals surface area contributed by atoms with E-state index in [1.807, 2.05) is 42.6 Å². The molecule has 0 amide bonds.